The lowest BCUT2D eigenvalue weighted by molar-refractivity contribution is 0.101. The molecule has 0 saturated heterocycles. The van der Waals surface area contributed by atoms with Crippen LogP contribution in [0.15, 0.2) is 42.7 Å². The Morgan fingerprint density at radius 1 is 1.32 bits per heavy atom. The van der Waals surface area contributed by atoms with Gasteiger partial charge in [0, 0.05) is 17.3 Å². The molecule has 0 fully saturated rings. The van der Waals surface area contributed by atoms with Crippen molar-refractivity contribution in [3.05, 3.63) is 54.2 Å². The molecule has 0 radical (unpaired) electrons. The van der Waals surface area contributed by atoms with Crippen molar-refractivity contribution < 1.29 is 9.18 Å². The number of aromatic amines is 1. The molecule has 0 aliphatic rings. The van der Waals surface area contributed by atoms with Crippen LogP contribution in [-0.2, 0) is 0 Å². The van der Waals surface area contributed by atoms with E-state index in [0.717, 1.165) is 10.9 Å². The van der Waals surface area contributed by atoms with Gasteiger partial charge in [0.05, 0.1) is 11.7 Å². The number of fused-ring (bicyclic) bond motifs is 1. The van der Waals surface area contributed by atoms with Crippen molar-refractivity contribution in [2.45, 2.75) is 0 Å². The van der Waals surface area contributed by atoms with E-state index < -0.39 is 11.7 Å². The summed E-state index contributed by atoms with van der Waals surface area (Å²) >= 11 is 0. The number of hydrogen-bond donors (Lipinski definition) is 2. The average Bonchev–Trinajstić information content (AvgIpc) is 2.86. The zero-order chi connectivity index (χ0) is 13.2. The molecule has 3 aromatic rings. The quantitative estimate of drug-likeness (QED) is 0.739. The van der Waals surface area contributed by atoms with E-state index in [4.69, 9.17) is 0 Å². The number of H-pyrrole nitrogens is 1. The lowest BCUT2D eigenvalue weighted by atomic mass is 10.2. The molecule has 94 valence electrons. The molecule has 2 aromatic heterocycles. The first-order valence-corrected chi connectivity index (χ1v) is 5.59. The monoisotopic (exact) mass is 256 g/mol. The first-order chi connectivity index (χ1) is 9.24. The summed E-state index contributed by atoms with van der Waals surface area (Å²) in [5.41, 5.74) is 1.20. The first kappa shape index (κ1) is 11.3. The van der Waals surface area contributed by atoms with Crippen molar-refractivity contribution in [1.82, 2.24) is 15.2 Å². The summed E-state index contributed by atoms with van der Waals surface area (Å²) in [5.74, 6) is -1.23. The summed E-state index contributed by atoms with van der Waals surface area (Å²) in [4.78, 5) is 15.6. The molecule has 0 atom stereocenters. The summed E-state index contributed by atoms with van der Waals surface area (Å²) in [5, 5.41) is 10.1. The molecule has 0 aliphatic heterocycles. The normalized spacial score (nSPS) is 10.6. The molecule has 0 spiro atoms. The number of benzene rings is 1. The highest BCUT2D eigenvalue weighted by Crippen LogP contribution is 2.17. The number of anilines is 1. The van der Waals surface area contributed by atoms with E-state index in [1.54, 1.807) is 24.4 Å². The van der Waals surface area contributed by atoms with Crippen molar-refractivity contribution >= 4 is 22.5 Å². The Bertz CT molecular complexity index is 753. The van der Waals surface area contributed by atoms with Gasteiger partial charge in [-0.25, -0.2) is 9.37 Å². The molecule has 0 bridgehead atoms. The van der Waals surface area contributed by atoms with Crippen LogP contribution in [0.25, 0.3) is 10.9 Å². The Morgan fingerprint density at radius 2 is 2.21 bits per heavy atom. The zero-order valence-corrected chi connectivity index (χ0v) is 9.72. The predicted octanol–water partition coefficient (Wildman–Crippen LogP) is 2.35. The highest BCUT2D eigenvalue weighted by Gasteiger charge is 2.12. The van der Waals surface area contributed by atoms with Crippen LogP contribution in [0.4, 0.5) is 10.1 Å². The third kappa shape index (κ3) is 2.15. The second-order valence-electron chi connectivity index (χ2n) is 3.96. The van der Waals surface area contributed by atoms with Gasteiger partial charge in [0.25, 0.3) is 5.91 Å². The second kappa shape index (κ2) is 4.49. The average molecular weight is 256 g/mol. The standard InChI is InChI=1S/C13H9FN4O/c14-10-2-1-5-15-12(10)13(19)17-9-3-4-11-8(6-9)7-16-18-11/h1-7H,(H,16,18)(H,17,19). The number of hydrogen-bond acceptors (Lipinski definition) is 3. The van der Waals surface area contributed by atoms with E-state index in [2.05, 4.69) is 20.5 Å². The highest BCUT2D eigenvalue weighted by molar-refractivity contribution is 6.03. The first-order valence-electron chi connectivity index (χ1n) is 5.59. The molecular weight excluding hydrogens is 247 g/mol. The number of aromatic nitrogens is 3. The van der Waals surface area contributed by atoms with Gasteiger partial charge in [0.2, 0.25) is 0 Å². The van der Waals surface area contributed by atoms with Gasteiger partial charge < -0.3 is 5.32 Å². The van der Waals surface area contributed by atoms with Gasteiger partial charge >= 0.3 is 0 Å². The molecule has 5 nitrogen and oxygen atoms in total. The number of pyridine rings is 1. The number of nitrogens with one attached hydrogen (secondary N) is 2. The Balaban J connectivity index is 1.88. The molecule has 3 rings (SSSR count). The van der Waals surface area contributed by atoms with Crippen LogP contribution in [0.3, 0.4) is 0 Å². The summed E-state index contributed by atoms with van der Waals surface area (Å²) in [6, 6.07) is 7.87. The summed E-state index contributed by atoms with van der Waals surface area (Å²) in [6.07, 6.45) is 3.02. The zero-order valence-electron chi connectivity index (χ0n) is 9.72. The molecule has 0 unspecified atom stereocenters. The molecular formula is C13H9FN4O. The third-order valence-corrected chi connectivity index (χ3v) is 2.67. The van der Waals surface area contributed by atoms with E-state index in [1.807, 2.05) is 0 Å². The maximum atomic E-state index is 13.4. The number of carbonyl (C=O) groups excluding carboxylic acids is 1. The van der Waals surface area contributed by atoms with E-state index in [9.17, 15) is 9.18 Å². The number of carbonyl (C=O) groups is 1. The summed E-state index contributed by atoms with van der Waals surface area (Å²) in [6.45, 7) is 0. The Kier molecular flexibility index (Phi) is 2.68. The largest absolute Gasteiger partial charge is 0.321 e. The molecule has 0 aliphatic carbocycles. The summed E-state index contributed by atoms with van der Waals surface area (Å²) in [7, 11) is 0. The lowest BCUT2D eigenvalue weighted by Crippen LogP contribution is -2.15. The number of rotatable bonds is 2. The Hall–Kier alpha value is -2.76. The molecule has 0 saturated carbocycles. The van der Waals surface area contributed by atoms with Gasteiger partial charge in [-0.05, 0) is 30.3 Å². The minimum Gasteiger partial charge on any atom is -0.321 e. The van der Waals surface area contributed by atoms with Gasteiger partial charge in [-0.15, -0.1) is 0 Å². The maximum Gasteiger partial charge on any atom is 0.277 e. The van der Waals surface area contributed by atoms with Crippen LogP contribution in [0.1, 0.15) is 10.5 Å². The topological polar surface area (TPSA) is 70.7 Å². The van der Waals surface area contributed by atoms with Crippen molar-refractivity contribution in [3.63, 3.8) is 0 Å². The van der Waals surface area contributed by atoms with Gasteiger partial charge in [0.15, 0.2) is 11.5 Å². The SMILES string of the molecule is O=C(Nc1ccc2[nH]ncc2c1)c1ncccc1F. The number of nitrogens with zero attached hydrogens (tertiary/aromatic N) is 2. The van der Waals surface area contributed by atoms with Gasteiger partial charge in [-0.1, -0.05) is 0 Å². The molecule has 2 heterocycles. The Labute approximate surface area is 107 Å². The number of halogens is 1. The smallest absolute Gasteiger partial charge is 0.277 e. The van der Waals surface area contributed by atoms with Gasteiger partial charge in [0.1, 0.15) is 0 Å². The minimum absolute atomic E-state index is 0.227. The fourth-order valence-corrected chi connectivity index (χ4v) is 1.76. The van der Waals surface area contributed by atoms with Crippen molar-refractivity contribution in [2.24, 2.45) is 0 Å². The summed E-state index contributed by atoms with van der Waals surface area (Å²) < 4.78 is 13.4. The van der Waals surface area contributed by atoms with Crippen LogP contribution >= 0.6 is 0 Å². The van der Waals surface area contributed by atoms with Crippen molar-refractivity contribution in [3.8, 4) is 0 Å². The van der Waals surface area contributed by atoms with Crippen LogP contribution in [0.2, 0.25) is 0 Å². The van der Waals surface area contributed by atoms with Crippen LogP contribution in [-0.4, -0.2) is 21.1 Å². The van der Waals surface area contributed by atoms with Crippen LogP contribution in [0.5, 0.6) is 0 Å². The molecule has 6 heteroatoms. The van der Waals surface area contributed by atoms with E-state index in [1.165, 1.54) is 18.3 Å². The molecule has 1 aromatic carbocycles. The van der Waals surface area contributed by atoms with Crippen LogP contribution < -0.4 is 5.32 Å². The molecule has 19 heavy (non-hydrogen) atoms. The lowest BCUT2D eigenvalue weighted by Gasteiger charge is -2.05. The predicted molar refractivity (Wildman–Crippen MR) is 68.2 cm³/mol. The second-order valence-corrected chi connectivity index (χ2v) is 3.96. The van der Waals surface area contributed by atoms with E-state index in [-0.39, 0.29) is 5.69 Å². The van der Waals surface area contributed by atoms with Gasteiger partial charge in [-0.3, -0.25) is 9.89 Å². The van der Waals surface area contributed by atoms with Crippen molar-refractivity contribution in [2.75, 3.05) is 5.32 Å². The fraction of sp³-hybridized carbons (Fsp3) is 0. The van der Waals surface area contributed by atoms with Gasteiger partial charge in [-0.2, -0.15) is 5.10 Å². The van der Waals surface area contributed by atoms with E-state index in [0.29, 0.717) is 5.69 Å². The van der Waals surface area contributed by atoms with E-state index >= 15 is 0 Å². The van der Waals surface area contributed by atoms with Crippen molar-refractivity contribution in [1.29, 1.82) is 0 Å². The van der Waals surface area contributed by atoms with Crippen LogP contribution in [0, 0.1) is 5.82 Å². The third-order valence-electron chi connectivity index (χ3n) is 2.67. The highest BCUT2D eigenvalue weighted by atomic mass is 19.1. The molecule has 2 N–H and O–H groups in total. The maximum absolute atomic E-state index is 13.4. The fourth-order valence-electron chi connectivity index (χ4n) is 1.76. The number of amides is 1. The Morgan fingerprint density at radius 3 is 3.05 bits per heavy atom. The minimum atomic E-state index is -0.649. The molecule has 1 amide bonds.